The third-order valence-corrected chi connectivity index (χ3v) is 6.20. The van der Waals surface area contributed by atoms with Crippen LogP contribution >= 0.6 is 11.8 Å². The lowest BCUT2D eigenvalue weighted by atomic mass is 10.2. The number of pyridine rings is 1. The molecule has 152 valence electrons. The molecule has 0 radical (unpaired) electrons. The van der Waals surface area contributed by atoms with Crippen LogP contribution in [0.2, 0.25) is 0 Å². The second-order valence-electron chi connectivity index (χ2n) is 7.23. The van der Waals surface area contributed by atoms with Crippen LogP contribution < -0.4 is 0 Å². The minimum Gasteiger partial charge on any atom is -0.431 e. The Kier molecular flexibility index (Phi) is 4.03. The first-order valence-corrected chi connectivity index (χ1v) is 10.8. The Morgan fingerprint density at radius 2 is 1.94 bits per heavy atom. The van der Waals surface area contributed by atoms with E-state index in [1.165, 1.54) is 11.8 Å². The highest BCUT2D eigenvalue weighted by atomic mass is 32.2. The first-order valence-electron chi connectivity index (χ1n) is 9.79. The molecule has 0 aliphatic heterocycles. The topological polar surface area (TPSA) is 86.9 Å². The van der Waals surface area contributed by atoms with Crippen LogP contribution in [0.1, 0.15) is 17.1 Å². The van der Waals surface area contributed by atoms with Crippen LogP contribution in [0.5, 0.6) is 0 Å². The molecular formula is C22H17N7OS. The van der Waals surface area contributed by atoms with Crippen molar-refractivity contribution in [2.24, 2.45) is 0 Å². The van der Waals surface area contributed by atoms with Gasteiger partial charge in [-0.05, 0) is 43.7 Å². The predicted octanol–water partition coefficient (Wildman–Crippen LogP) is 4.51. The Hall–Kier alpha value is -3.72. The van der Waals surface area contributed by atoms with Gasteiger partial charge in [0.05, 0.1) is 23.0 Å². The zero-order chi connectivity index (χ0) is 20.9. The number of para-hydroxylation sites is 2. The molecule has 9 heteroatoms. The van der Waals surface area contributed by atoms with E-state index in [1.807, 2.05) is 42.6 Å². The van der Waals surface area contributed by atoms with Gasteiger partial charge in [0.25, 0.3) is 5.22 Å². The van der Waals surface area contributed by atoms with Crippen LogP contribution in [0, 0.1) is 13.8 Å². The number of nitrogens with zero attached hydrogens (tertiary/aromatic N) is 7. The van der Waals surface area contributed by atoms with Crippen LogP contribution in [0.4, 0.5) is 0 Å². The van der Waals surface area contributed by atoms with Crippen molar-refractivity contribution in [2.75, 3.05) is 0 Å². The van der Waals surface area contributed by atoms with Gasteiger partial charge in [0.15, 0.2) is 22.7 Å². The van der Waals surface area contributed by atoms with Gasteiger partial charge < -0.3 is 4.42 Å². The zero-order valence-corrected chi connectivity index (χ0v) is 17.7. The highest BCUT2D eigenvalue weighted by molar-refractivity contribution is 7.98. The number of aromatic nitrogens is 7. The highest BCUT2D eigenvalue weighted by Crippen LogP contribution is 2.30. The summed E-state index contributed by atoms with van der Waals surface area (Å²) in [6.07, 6.45) is 5.32. The fraction of sp³-hybridized carbons (Fsp3) is 0.136. The van der Waals surface area contributed by atoms with E-state index in [0.717, 1.165) is 44.7 Å². The van der Waals surface area contributed by atoms with Crippen molar-refractivity contribution in [3.63, 3.8) is 0 Å². The Morgan fingerprint density at radius 3 is 2.77 bits per heavy atom. The maximum atomic E-state index is 5.79. The van der Waals surface area contributed by atoms with Gasteiger partial charge in [-0.3, -0.25) is 9.55 Å². The Labute approximate surface area is 181 Å². The number of aryl methyl sites for hydroxylation is 1. The minimum absolute atomic E-state index is 0.553. The molecule has 31 heavy (non-hydrogen) atoms. The third-order valence-electron chi connectivity index (χ3n) is 5.38. The fourth-order valence-corrected chi connectivity index (χ4v) is 4.49. The molecule has 0 bridgehead atoms. The molecule has 0 aliphatic carbocycles. The maximum absolute atomic E-state index is 5.79. The second kappa shape index (κ2) is 6.92. The van der Waals surface area contributed by atoms with E-state index in [4.69, 9.17) is 9.40 Å². The summed E-state index contributed by atoms with van der Waals surface area (Å²) in [5.41, 5.74) is 6.48. The summed E-state index contributed by atoms with van der Waals surface area (Å²) in [5, 5.41) is 6.22. The molecule has 0 atom stereocenters. The number of hydrogen-bond donors (Lipinski definition) is 0. The smallest absolute Gasteiger partial charge is 0.257 e. The summed E-state index contributed by atoms with van der Waals surface area (Å²) in [4.78, 5) is 18.3. The van der Waals surface area contributed by atoms with E-state index in [1.54, 1.807) is 17.0 Å². The molecule has 0 fully saturated rings. The number of fused-ring (bicyclic) bond motifs is 4. The summed E-state index contributed by atoms with van der Waals surface area (Å²) in [6, 6.07) is 11.7. The Bertz CT molecular complexity index is 1530. The molecule has 5 aromatic heterocycles. The highest BCUT2D eigenvalue weighted by Gasteiger charge is 2.19. The Morgan fingerprint density at radius 1 is 1.03 bits per heavy atom. The van der Waals surface area contributed by atoms with Crippen LogP contribution in [-0.4, -0.2) is 34.1 Å². The van der Waals surface area contributed by atoms with Crippen molar-refractivity contribution in [3.05, 3.63) is 72.2 Å². The number of thioether (sulfide) groups is 1. The molecule has 0 aliphatic rings. The molecule has 1 aromatic carbocycles. The predicted molar refractivity (Wildman–Crippen MR) is 118 cm³/mol. The molecule has 6 aromatic rings. The van der Waals surface area contributed by atoms with Crippen molar-refractivity contribution in [3.8, 4) is 5.69 Å². The van der Waals surface area contributed by atoms with E-state index in [9.17, 15) is 0 Å². The van der Waals surface area contributed by atoms with Crippen molar-refractivity contribution >= 4 is 39.5 Å². The second-order valence-corrected chi connectivity index (χ2v) is 8.16. The van der Waals surface area contributed by atoms with E-state index >= 15 is 0 Å². The normalized spacial score (nSPS) is 11.8. The van der Waals surface area contributed by atoms with Crippen molar-refractivity contribution in [1.82, 2.24) is 34.1 Å². The van der Waals surface area contributed by atoms with Crippen molar-refractivity contribution in [2.45, 2.75) is 24.8 Å². The molecule has 0 saturated heterocycles. The van der Waals surface area contributed by atoms with E-state index < -0.39 is 0 Å². The van der Waals surface area contributed by atoms with Crippen molar-refractivity contribution in [1.29, 1.82) is 0 Å². The Balaban J connectivity index is 1.40. The van der Waals surface area contributed by atoms with Crippen LogP contribution in [0.15, 0.2) is 64.8 Å². The van der Waals surface area contributed by atoms with E-state index in [0.29, 0.717) is 16.8 Å². The van der Waals surface area contributed by atoms with Gasteiger partial charge in [0.2, 0.25) is 0 Å². The average molecular weight is 427 g/mol. The fourth-order valence-electron chi connectivity index (χ4n) is 3.81. The molecule has 8 nitrogen and oxygen atoms in total. The molecule has 5 heterocycles. The summed E-state index contributed by atoms with van der Waals surface area (Å²) >= 11 is 1.48. The van der Waals surface area contributed by atoms with Crippen molar-refractivity contribution < 1.29 is 4.42 Å². The summed E-state index contributed by atoms with van der Waals surface area (Å²) in [5.74, 6) is 1.25. The molecular weight excluding hydrogens is 410 g/mol. The monoisotopic (exact) mass is 427 g/mol. The van der Waals surface area contributed by atoms with Gasteiger partial charge >= 0.3 is 0 Å². The number of oxazole rings is 1. The molecule has 0 amide bonds. The van der Waals surface area contributed by atoms with Crippen LogP contribution in [0.25, 0.3) is 33.5 Å². The van der Waals surface area contributed by atoms with Crippen LogP contribution in [-0.2, 0) is 5.75 Å². The van der Waals surface area contributed by atoms with Crippen LogP contribution in [0.3, 0.4) is 0 Å². The number of benzene rings is 1. The minimum atomic E-state index is 0.553. The lowest BCUT2D eigenvalue weighted by molar-refractivity contribution is 0.489. The van der Waals surface area contributed by atoms with Gasteiger partial charge in [-0.2, -0.15) is 0 Å². The lowest BCUT2D eigenvalue weighted by Crippen LogP contribution is -1.99. The van der Waals surface area contributed by atoms with Gasteiger partial charge in [-0.25, -0.2) is 19.5 Å². The lowest BCUT2D eigenvalue weighted by Gasteiger charge is -2.06. The van der Waals surface area contributed by atoms with Gasteiger partial charge in [-0.15, -0.1) is 5.10 Å². The SMILES string of the molecule is Cc1c(C)n(-c2cccnc2)c2ncn3nc(CSc4nc5ccccc5o4)nc3c12. The van der Waals surface area contributed by atoms with E-state index in [2.05, 4.69) is 38.5 Å². The average Bonchev–Trinajstić information content (AvgIpc) is 3.47. The molecule has 0 spiro atoms. The third kappa shape index (κ3) is 2.89. The number of rotatable bonds is 4. The van der Waals surface area contributed by atoms with E-state index in [-0.39, 0.29) is 0 Å². The standard InChI is InChI=1S/C22H17N7OS/c1-13-14(2)29(15-6-5-9-23-10-15)20-19(13)21-26-18(27-28(21)12-24-20)11-31-22-25-16-7-3-4-8-17(16)30-22/h3-10,12H,11H2,1-2H3. The number of hydrogen-bond acceptors (Lipinski definition) is 7. The first-order chi connectivity index (χ1) is 15.2. The van der Waals surface area contributed by atoms with Gasteiger partial charge in [-0.1, -0.05) is 23.9 Å². The maximum Gasteiger partial charge on any atom is 0.257 e. The zero-order valence-electron chi connectivity index (χ0n) is 16.9. The molecule has 0 saturated carbocycles. The molecule has 0 N–H and O–H groups in total. The summed E-state index contributed by atoms with van der Waals surface area (Å²) < 4.78 is 9.64. The van der Waals surface area contributed by atoms with Gasteiger partial charge in [0.1, 0.15) is 11.8 Å². The summed E-state index contributed by atoms with van der Waals surface area (Å²) in [6.45, 7) is 4.18. The largest absolute Gasteiger partial charge is 0.431 e. The molecule has 0 unspecified atom stereocenters. The summed E-state index contributed by atoms with van der Waals surface area (Å²) in [7, 11) is 0. The first kappa shape index (κ1) is 18.1. The molecule has 6 rings (SSSR count). The quantitative estimate of drug-likeness (QED) is 0.382. The van der Waals surface area contributed by atoms with Gasteiger partial charge in [0, 0.05) is 11.9 Å².